The van der Waals surface area contributed by atoms with Gasteiger partial charge in [-0.2, -0.15) is 5.10 Å². The third kappa shape index (κ3) is 5.59. The Morgan fingerprint density at radius 2 is 1.97 bits per heavy atom. The van der Waals surface area contributed by atoms with Gasteiger partial charge in [0.1, 0.15) is 23.6 Å². The second-order valence-electron chi connectivity index (χ2n) is 10.9. The van der Waals surface area contributed by atoms with E-state index in [1.54, 1.807) is 18.6 Å². The number of fused-ring (bicyclic) bond motifs is 1. The van der Waals surface area contributed by atoms with E-state index in [0.29, 0.717) is 23.5 Å². The number of benzene rings is 1. The molecule has 2 aliphatic heterocycles. The molecular weight excluding hydrogens is 510 g/mol. The van der Waals surface area contributed by atoms with Gasteiger partial charge < -0.3 is 19.5 Å². The van der Waals surface area contributed by atoms with Crippen LogP contribution in [0.4, 0.5) is 17.3 Å². The summed E-state index contributed by atoms with van der Waals surface area (Å²) in [5.74, 6) is 3.64. The molecule has 9 nitrogen and oxygen atoms in total. The number of nitrogens with zero attached hydrogens (tertiary/aromatic N) is 6. The number of pyridine rings is 1. The summed E-state index contributed by atoms with van der Waals surface area (Å²) in [5.41, 5.74) is 3.33. The number of hydrogen-bond acceptors (Lipinski definition) is 8. The Kier molecular flexibility index (Phi) is 7.42. The summed E-state index contributed by atoms with van der Waals surface area (Å²) in [6.45, 7) is 7.07. The first-order chi connectivity index (χ1) is 18.9. The van der Waals surface area contributed by atoms with E-state index in [0.717, 1.165) is 61.5 Å². The first-order valence-corrected chi connectivity index (χ1v) is 15.4. The van der Waals surface area contributed by atoms with Crippen LogP contribution in [0.25, 0.3) is 22.2 Å². The SMILES string of the molecule is CC(C)c1ccc(N2CC(C[S+](C)[O-])C2)c2cnc(Nc3ccnc(-c4cnn(C5CCCCO5)c4)n3)cc12. The van der Waals surface area contributed by atoms with Crippen molar-refractivity contribution in [1.82, 2.24) is 24.7 Å². The van der Waals surface area contributed by atoms with E-state index in [2.05, 4.69) is 52.3 Å². The average Bonchev–Trinajstić information content (AvgIpc) is 3.41. The van der Waals surface area contributed by atoms with Crippen LogP contribution in [-0.4, -0.2) is 61.0 Å². The van der Waals surface area contributed by atoms with Gasteiger partial charge in [0.05, 0.1) is 18.0 Å². The zero-order chi connectivity index (χ0) is 26.9. The van der Waals surface area contributed by atoms with Crippen LogP contribution in [0.3, 0.4) is 0 Å². The predicted octanol–water partition coefficient (Wildman–Crippen LogP) is 5.27. The summed E-state index contributed by atoms with van der Waals surface area (Å²) in [4.78, 5) is 16.4. The Hall–Kier alpha value is -3.21. The topological polar surface area (TPSA) is 104 Å². The minimum absolute atomic E-state index is 0.0200. The molecule has 2 unspecified atom stereocenters. The first-order valence-electron chi connectivity index (χ1n) is 13.7. The van der Waals surface area contributed by atoms with Crippen molar-refractivity contribution in [3.8, 4) is 11.4 Å². The Labute approximate surface area is 232 Å². The van der Waals surface area contributed by atoms with Gasteiger partial charge in [0.25, 0.3) is 0 Å². The smallest absolute Gasteiger partial charge is 0.164 e. The quantitative estimate of drug-likeness (QED) is 0.299. The average molecular weight is 546 g/mol. The van der Waals surface area contributed by atoms with Crippen LogP contribution in [0, 0.1) is 5.92 Å². The molecule has 3 aromatic heterocycles. The molecule has 6 rings (SSSR count). The Morgan fingerprint density at radius 3 is 2.74 bits per heavy atom. The lowest BCUT2D eigenvalue weighted by atomic mass is 9.93. The van der Waals surface area contributed by atoms with Crippen LogP contribution in [0.1, 0.15) is 50.8 Å². The first kappa shape index (κ1) is 26.0. The minimum atomic E-state index is -0.758. The fourth-order valence-electron chi connectivity index (χ4n) is 5.54. The molecule has 204 valence electrons. The molecule has 0 amide bonds. The standard InChI is InChI=1S/C29H35N7O2S/c1-19(2)22-7-8-25(35-15-20(16-35)18-39(3)37)24-14-31-27(12-23(22)24)33-26-9-10-30-29(34-26)21-13-32-36(17-21)28-6-4-5-11-38-28/h7-10,12-14,17,19-20,28H,4-6,11,15-16,18H2,1-3H3,(H,30,31,33,34). The number of anilines is 3. The van der Waals surface area contributed by atoms with Gasteiger partial charge in [-0.25, -0.2) is 19.6 Å². The summed E-state index contributed by atoms with van der Waals surface area (Å²) >= 11 is -0.758. The van der Waals surface area contributed by atoms with E-state index in [1.165, 1.54) is 16.6 Å². The summed E-state index contributed by atoms with van der Waals surface area (Å²) in [7, 11) is 0. The van der Waals surface area contributed by atoms with E-state index in [9.17, 15) is 4.55 Å². The second kappa shape index (κ2) is 11.1. The summed E-state index contributed by atoms with van der Waals surface area (Å²) in [6, 6.07) is 8.41. The van der Waals surface area contributed by atoms with Gasteiger partial charge in [-0.3, -0.25) is 0 Å². The van der Waals surface area contributed by atoms with Gasteiger partial charge in [0.2, 0.25) is 0 Å². The molecule has 10 heteroatoms. The number of rotatable bonds is 8. The molecule has 5 heterocycles. The summed E-state index contributed by atoms with van der Waals surface area (Å²) in [5, 5.41) is 10.2. The second-order valence-corrected chi connectivity index (χ2v) is 12.4. The molecule has 0 saturated carbocycles. The number of aromatic nitrogens is 5. The van der Waals surface area contributed by atoms with Gasteiger partial charge in [-0.05, 0) is 54.3 Å². The molecule has 0 bridgehead atoms. The van der Waals surface area contributed by atoms with E-state index >= 15 is 0 Å². The highest BCUT2D eigenvalue weighted by Gasteiger charge is 2.31. The maximum Gasteiger partial charge on any atom is 0.164 e. The highest BCUT2D eigenvalue weighted by atomic mass is 32.2. The van der Waals surface area contributed by atoms with Crippen molar-refractivity contribution in [3.05, 3.63) is 54.6 Å². The Bertz CT molecular complexity index is 1440. The van der Waals surface area contributed by atoms with Crippen LogP contribution < -0.4 is 10.2 Å². The lowest BCUT2D eigenvalue weighted by Gasteiger charge is -2.41. The van der Waals surface area contributed by atoms with Crippen molar-refractivity contribution in [3.63, 3.8) is 0 Å². The van der Waals surface area contributed by atoms with E-state index in [4.69, 9.17) is 14.7 Å². The van der Waals surface area contributed by atoms with Gasteiger partial charge in [-0.15, -0.1) is 0 Å². The third-order valence-electron chi connectivity index (χ3n) is 7.52. The molecule has 0 aliphatic carbocycles. The van der Waals surface area contributed by atoms with Gasteiger partial charge in [0, 0.05) is 55.3 Å². The monoisotopic (exact) mass is 545 g/mol. The highest BCUT2D eigenvalue weighted by Crippen LogP contribution is 2.37. The normalized spacial score (nSPS) is 18.9. The maximum atomic E-state index is 11.6. The molecule has 2 fully saturated rings. The van der Waals surface area contributed by atoms with E-state index in [1.807, 2.05) is 23.1 Å². The lowest BCUT2D eigenvalue weighted by Crippen LogP contribution is -2.49. The fraction of sp³-hybridized carbons (Fsp3) is 0.448. The van der Waals surface area contributed by atoms with Crippen LogP contribution in [-0.2, 0) is 15.9 Å². The molecule has 2 aliphatic rings. The summed E-state index contributed by atoms with van der Waals surface area (Å²) in [6.07, 6.45) is 12.4. The van der Waals surface area contributed by atoms with E-state index in [-0.39, 0.29) is 6.23 Å². The number of ether oxygens (including phenoxy) is 1. The van der Waals surface area contributed by atoms with Gasteiger partial charge >= 0.3 is 0 Å². The molecule has 39 heavy (non-hydrogen) atoms. The van der Waals surface area contributed by atoms with Gasteiger partial charge in [-0.1, -0.05) is 31.1 Å². The van der Waals surface area contributed by atoms with Crippen molar-refractivity contribution < 1.29 is 9.29 Å². The van der Waals surface area contributed by atoms with Crippen molar-refractivity contribution >= 4 is 39.3 Å². The molecule has 2 saturated heterocycles. The zero-order valence-corrected chi connectivity index (χ0v) is 23.5. The number of hydrogen-bond donors (Lipinski definition) is 1. The molecule has 0 radical (unpaired) electrons. The largest absolute Gasteiger partial charge is 0.617 e. The molecular formula is C29H35N7O2S. The Balaban J connectivity index is 1.24. The molecule has 2 atom stereocenters. The molecule has 1 aromatic carbocycles. The molecule has 0 spiro atoms. The molecule has 4 aromatic rings. The van der Waals surface area contributed by atoms with Crippen LogP contribution >= 0.6 is 0 Å². The van der Waals surface area contributed by atoms with Crippen LogP contribution in [0.2, 0.25) is 0 Å². The van der Waals surface area contributed by atoms with Crippen molar-refractivity contribution in [2.45, 2.75) is 45.3 Å². The minimum Gasteiger partial charge on any atom is -0.617 e. The fourth-order valence-corrected chi connectivity index (χ4v) is 6.41. The maximum absolute atomic E-state index is 11.6. The Morgan fingerprint density at radius 1 is 1.10 bits per heavy atom. The lowest BCUT2D eigenvalue weighted by molar-refractivity contribution is -0.0394. The van der Waals surface area contributed by atoms with Crippen molar-refractivity contribution in [2.75, 3.05) is 41.9 Å². The van der Waals surface area contributed by atoms with E-state index < -0.39 is 11.2 Å². The van der Waals surface area contributed by atoms with Crippen LogP contribution in [0.5, 0.6) is 0 Å². The van der Waals surface area contributed by atoms with Gasteiger partial charge in [0.15, 0.2) is 5.82 Å². The summed E-state index contributed by atoms with van der Waals surface area (Å²) < 4.78 is 19.4. The third-order valence-corrected chi connectivity index (χ3v) is 8.46. The zero-order valence-electron chi connectivity index (χ0n) is 22.7. The number of nitrogens with one attached hydrogen (secondary N) is 1. The van der Waals surface area contributed by atoms with Crippen molar-refractivity contribution in [2.24, 2.45) is 5.92 Å². The highest BCUT2D eigenvalue weighted by molar-refractivity contribution is 7.90. The predicted molar refractivity (Wildman–Crippen MR) is 156 cm³/mol. The van der Waals surface area contributed by atoms with Crippen molar-refractivity contribution in [1.29, 1.82) is 0 Å². The molecule has 1 N–H and O–H groups in total. The van der Waals surface area contributed by atoms with Crippen LogP contribution in [0.15, 0.2) is 49.1 Å².